The van der Waals surface area contributed by atoms with Crippen molar-refractivity contribution in [2.75, 3.05) is 0 Å². The molecule has 1 fully saturated rings. The Kier molecular flexibility index (Phi) is 2.21. The highest BCUT2D eigenvalue weighted by atomic mass is 16.3. The first-order valence-corrected chi connectivity index (χ1v) is 5.95. The molecule has 1 amide bonds. The Morgan fingerprint density at radius 2 is 1.94 bits per heavy atom. The average molecular weight is 229 g/mol. The standard InChI is InChI=1S/C14H15NO2/c16-12-8-14(6-7-14)9-13(17)15(12)10-11-4-2-1-3-5-11/h1-5,8,16H,6-7,9-10H2. The van der Waals surface area contributed by atoms with E-state index >= 15 is 0 Å². The minimum atomic E-state index is -0.00560. The first kappa shape index (κ1) is 10.4. The van der Waals surface area contributed by atoms with E-state index in [2.05, 4.69) is 0 Å². The highest BCUT2D eigenvalue weighted by Gasteiger charge is 2.47. The van der Waals surface area contributed by atoms with Crippen LogP contribution >= 0.6 is 0 Å². The van der Waals surface area contributed by atoms with E-state index in [0.29, 0.717) is 13.0 Å². The summed E-state index contributed by atoms with van der Waals surface area (Å²) in [6, 6.07) is 9.74. The molecule has 88 valence electrons. The third kappa shape index (κ3) is 1.93. The van der Waals surface area contributed by atoms with Crippen LogP contribution in [0.15, 0.2) is 42.3 Å². The van der Waals surface area contributed by atoms with E-state index in [4.69, 9.17) is 0 Å². The Balaban J connectivity index is 1.81. The molecular formula is C14H15NO2. The van der Waals surface area contributed by atoms with Crippen LogP contribution < -0.4 is 0 Å². The number of carbonyl (C=O) groups excluding carboxylic acids is 1. The fraction of sp³-hybridized carbons (Fsp3) is 0.357. The second-order valence-electron chi connectivity index (χ2n) is 5.01. The van der Waals surface area contributed by atoms with E-state index in [1.54, 1.807) is 0 Å². The molecule has 0 saturated heterocycles. The monoisotopic (exact) mass is 229 g/mol. The second kappa shape index (κ2) is 3.62. The lowest BCUT2D eigenvalue weighted by Gasteiger charge is -2.28. The lowest BCUT2D eigenvalue weighted by molar-refractivity contribution is -0.134. The number of amides is 1. The maximum atomic E-state index is 12.0. The molecule has 1 aliphatic carbocycles. The molecule has 3 nitrogen and oxygen atoms in total. The molecule has 17 heavy (non-hydrogen) atoms. The maximum absolute atomic E-state index is 12.0. The predicted octanol–water partition coefficient (Wildman–Crippen LogP) is 2.60. The molecule has 1 aliphatic heterocycles. The van der Waals surface area contributed by atoms with Crippen LogP contribution in [-0.4, -0.2) is 15.9 Å². The molecule has 1 aromatic carbocycles. The Hall–Kier alpha value is -1.77. The van der Waals surface area contributed by atoms with Gasteiger partial charge in [0.2, 0.25) is 5.91 Å². The summed E-state index contributed by atoms with van der Waals surface area (Å²) in [6.45, 7) is 0.456. The third-order valence-corrected chi connectivity index (χ3v) is 3.59. The van der Waals surface area contributed by atoms with Gasteiger partial charge in [-0.05, 0) is 24.5 Å². The minimum absolute atomic E-state index is 0.00560. The molecule has 1 saturated carbocycles. The van der Waals surface area contributed by atoms with Gasteiger partial charge in [0.05, 0.1) is 6.54 Å². The van der Waals surface area contributed by atoms with Crippen molar-refractivity contribution in [3.63, 3.8) is 0 Å². The summed E-state index contributed by atoms with van der Waals surface area (Å²) < 4.78 is 0. The number of aliphatic hydroxyl groups excluding tert-OH is 1. The number of hydrogen-bond acceptors (Lipinski definition) is 2. The SMILES string of the molecule is O=C1CC2(C=C(O)N1Cc1ccccc1)CC2. The number of carbonyl (C=O) groups is 1. The van der Waals surface area contributed by atoms with Gasteiger partial charge in [-0.3, -0.25) is 9.69 Å². The van der Waals surface area contributed by atoms with Crippen LogP contribution in [0.25, 0.3) is 0 Å². The maximum Gasteiger partial charge on any atom is 0.230 e. The number of aliphatic hydroxyl groups is 1. The van der Waals surface area contributed by atoms with Crippen molar-refractivity contribution in [3.8, 4) is 0 Å². The van der Waals surface area contributed by atoms with Crippen molar-refractivity contribution in [1.82, 2.24) is 4.90 Å². The highest BCUT2D eigenvalue weighted by molar-refractivity contribution is 5.80. The summed E-state index contributed by atoms with van der Waals surface area (Å²) in [5, 5.41) is 9.94. The second-order valence-corrected chi connectivity index (χ2v) is 5.01. The van der Waals surface area contributed by atoms with E-state index in [1.807, 2.05) is 36.4 Å². The molecule has 0 unspecified atom stereocenters. The van der Waals surface area contributed by atoms with Gasteiger partial charge in [-0.2, -0.15) is 0 Å². The van der Waals surface area contributed by atoms with Gasteiger partial charge < -0.3 is 5.11 Å². The van der Waals surface area contributed by atoms with Crippen molar-refractivity contribution in [2.45, 2.75) is 25.8 Å². The average Bonchev–Trinajstić information content (AvgIpc) is 3.04. The van der Waals surface area contributed by atoms with Crippen molar-refractivity contribution in [1.29, 1.82) is 0 Å². The largest absolute Gasteiger partial charge is 0.495 e. The molecular weight excluding hydrogens is 214 g/mol. The highest BCUT2D eigenvalue weighted by Crippen LogP contribution is 2.53. The van der Waals surface area contributed by atoms with E-state index in [0.717, 1.165) is 18.4 Å². The lowest BCUT2D eigenvalue weighted by Crippen LogP contribution is -2.35. The van der Waals surface area contributed by atoms with E-state index < -0.39 is 0 Å². The first-order chi connectivity index (χ1) is 8.19. The summed E-state index contributed by atoms with van der Waals surface area (Å²) >= 11 is 0. The Morgan fingerprint density at radius 3 is 2.53 bits per heavy atom. The lowest BCUT2D eigenvalue weighted by atomic mass is 9.97. The molecule has 3 heteroatoms. The van der Waals surface area contributed by atoms with E-state index in [-0.39, 0.29) is 17.2 Å². The fourth-order valence-electron chi connectivity index (χ4n) is 2.34. The van der Waals surface area contributed by atoms with Crippen molar-refractivity contribution in [3.05, 3.63) is 47.9 Å². The van der Waals surface area contributed by atoms with Crippen LogP contribution in [-0.2, 0) is 11.3 Å². The quantitative estimate of drug-likeness (QED) is 0.846. The summed E-state index contributed by atoms with van der Waals surface area (Å²) in [7, 11) is 0. The molecule has 0 bridgehead atoms. The van der Waals surface area contributed by atoms with Gasteiger partial charge in [-0.25, -0.2) is 0 Å². The Morgan fingerprint density at radius 1 is 1.24 bits per heavy atom. The molecule has 1 spiro atoms. The van der Waals surface area contributed by atoms with Gasteiger partial charge in [0.1, 0.15) is 0 Å². The van der Waals surface area contributed by atoms with Gasteiger partial charge in [0, 0.05) is 11.8 Å². The first-order valence-electron chi connectivity index (χ1n) is 5.95. The van der Waals surface area contributed by atoms with Crippen molar-refractivity contribution < 1.29 is 9.90 Å². The van der Waals surface area contributed by atoms with Crippen LogP contribution in [0, 0.1) is 5.41 Å². The predicted molar refractivity (Wildman–Crippen MR) is 64.0 cm³/mol. The van der Waals surface area contributed by atoms with Crippen LogP contribution in [0.4, 0.5) is 0 Å². The van der Waals surface area contributed by atoms with Gasteiger partial charge in [0.15, 0.2) is 5.88 Å². The Bertz CT molecular complexity index is 474. The zero-order valence-corrected chi connectivity index (χ0v) is 9.60. The number of allylic oxidation sites excluding steroid dienone is 1. The summed E-state index contributed by atoms with van der Waals surface area (Å²) in [4.78, 5) is 13.5. The normalized spacial score (nSPS) is 21.5. The van der Waals surface area contributed by atoms with Crippen molar-refractivity contribution in [2.24, 2.45) is 5.41 Å². The van der Waals surface area contributed by atoms with Crippen LogP contribution in [0.2, 0.25) is 0 Å². The Labute approximate surface area is 100 Å². The van der Waals surface area contributed by atoms with Gasteiger partial charge in [-0.15, -0.1) is 0 Å². The number of hydrogen-bond donors (Lipinski definition) is 1. The number of rotatable bonds is 2. The fourth-order valence-corrected chi connectivity index (χ4v) is 2.34. The third-order valence-electron chi connectivity index (χ3n) is 3.59. The van der Waals surface area contributed by atoms with E-state index in [9.17, 15) is 9.90 Å². The molecule has 0 atom stereocenters. The molecule has 0 radical (unpaired) electrons. The zero-order chi connectivity index (χ0) is 11.9. The molecule has 2 aliphatic rings. The number of nitrogens with zero attached hydrogens (tertiary/aromatic N) is 1. The van der Waals surface area contributed by atoms with Crippen LogP contribution in [0.1, 0.15) is 24.8 Å². The van der Waals surface area contributed by atoms with Gasteiger partial charge >= 0.3 is 0 Å². The van der Waals surface area contributed by atoms with E-state index in [1.165, 1.54) is 4.90 Å². The van der Waals surface area contributed by atoms with Crippen molar-refractivity contribution >= 4 is 5.91 Å². The number of benzene rings is 1. The zero-order valence-electron chi connectivity index (χ0n) is 9.60. The van der Waals surface area contributed by atoms with Crippen LogP contribution in [0.5, 0.6) is 0 Å². The summed E-state index contributed by atoms with van der Waals surface area (Å²) in [6.07, 6.45) is 4.46. The summed E-state index contributed by atoms with van der Waals surface area (Å²) in [5.41, 5.74) is 1.03. The molecule has 1 heterocycles. The molecule has 3 rings (SSSR count). The smallest absolute Gasteiger partial charge is 0.230 e. The van der Waals surface area contributed by atoms with Crippen LogP contribution in [0.3, 0.4) is 0 Å². The van der Waals surface area contributed by atoms with Gasteiger partial charge in [0.25, 0.3) is 0 Å². The molecule has 1 aromatic rings. The topological polar surface area (TPSA) is 40.5 Å². The van der Waals surface area contributed by atoms with Gasteiger partial charge in [-0.1, -0.05) is 30.3 Å². The molecule has 0 aromatic heterocycles. The molecule has 1 N–H and O–H groups in total. The summed E-state index contributed by atoms with van der Waals surface area (Å²) in [5.74, 6) is 0.161. The minimum Gasteiger partial charge on any atom is -0.495 e.